The first-order chi connectivity index (χ1) is 7.96. The zero-order valence-corrected chi connectivity index (χ0v) is 11.2. The van der Waals surface area contributed by atoms with E-state index >= 15 is 0 Å². The number of halogens is 1. The second-order valence-electron chi connectivity index (χ2n) is 3.37. The molecule has 0 radical (unpaired) electrons. The van der Waals surface area contributed by atoms with Gasteiger partial charge >= 0.3 is 0 Å². The molecule has 17 heavy (non-hydrogen) atoms. The van der Waals surface area contributed by atoms with Gasteiger partial charge in [0.2, 0.25) is 5.88 Å². The molecule has 0 aromatic carbocycles. The normalized spacial score (nSPS) is 11.5. The molecule has 0 fully saturated rings. The largest absolute Gasteiger partial charge is 0.481 e. The molecule has 1 aromatic rings. The number of ether oxygens (including phenoxy) is 1. The van der Waals surface area contributed by atoms with Gasteiger partial charge in [-0.1, -0.05) is 6.07 Å². The van der Waals surface area contributed by atoms with Crippen molar-refractivity contribution in [1.82, 2.24) is 4.98 Å². The predicted octanol–water partition coefficient (Wildman–Crippen LogP) is 1.35. The van der Waals surface area contributed by atoms with Gasteiger partial charge in [0.05, 0.1) is 25.7 Å². The first-order valence-corrected chi connectivity index (χ1v) is 7.24. The zero-order chi connectivity index (χ0) is 12.9. The Kier molecular flexibility index (Phi) is 5.17. The molecule has 0 spiro atoms. The Hall–Kier alpha value is -0.850. The van der Waals surface area contributed by atoms with E-state index < -0.39 is 10.1 Å². The average molecular weight is 280 g/mol. The molecular weight excluding hydrogens is 266 g/mol. The summed E-state index contributed by atoms with van der Waals surface area (Å²) in [7, 11) is -1.91. The molecule has 0 aliphatic rings. The van der Waals surface area contributed by atoms with E-state index in [-0.39, 0.29) is 6.61 Å². The van der Waals surface area contributed by atoms with Crippen molar-refractivity contribution >= 4 is 21.7 Å². The molecule has 0 atom stereocenters. The van der Waals surface area contributed by atoms with Crippen molar-refractivity contribution in [1.29, 1.82) is 0 Å². The topological polar surface area (TPSA) is 65.5 Å². The van der Waals surface area contributed by atoms with Gasteiger partial charge in [0.25, 0.3) is 10.1 Å². The smallest absolute Gasteiger partial charge is 0.264 e. The van der Waals surface area contributed by atoms with Gasteiger partial charge in [-0.05, 0) is 5.56 Å². The Labute approximate surface area is 106 Å². The van der Waals surface area contributed by atoms with Crippen LogP contribution in [0.1, 0.15) is 11.3 Å². The Morgan fingerprint density at radius 2 is 2.12 bits per heavy atom. The number of alkyl halides is 1. The lowest BCUT2D eigenvalue weighted by atomic mass is 10.2. The third-order valence-corrected chi connectivity index (χ3v) is 2.92. The Morgan fingerprint density at radius 3 is 2.65 bits per heavy atom. The Morgan fingerprint density at radius 1 is 1.41 bits per heavy atom. The maximum Gasteiger partial charge on any atom is 0.264 e. The summed E-state index contributed by atoms with van der Waals surface area (Å²) in [6, 6.07) is 3.51. The van der Waals surface area contributed by atoms with Crippen molar-refractivity contribution in [2.45, 2.75) is 12.3 Å². The predicted molar refractivity (Wildman–Crippen MR) is 64.8 cm³/mol. The molecule has 1 rings (SSSR count). The summed E-state index contributed by atoms with van der Waals surface area (Å²) in [5.41, 5.74) is 1.52. The van der Waals surface area contributed by atoms with Gasteiger partial charge in [-0.3, -0.25) is 4.18 Å². The van der Waals surface area contributed by atoms with Gasteiger partial charge in [-0.25, -0.2) is 4.98 Å². The molecule has 0 aliphatic heterocycles. The molecule has 0 saturated carbocycles. The van der Waals surface area contributed by atoms with E-state index in [2.05, 4.69) is 9.17 Å². The van der Waals surface area contributed by atoms with Crippen LogP contribution in [-0.4, -0.2) is 33.4 Å². The second-order valence-corrected chi connectivity index (χ2v) is 5.28. The number of rotatable bonds is 6. The molecule has 0 aliphatic carbocycles. The van der Waals surface area contributed by atoms with Gasteiger partial charge in [0, 0.05) is 18.4 Å². The molecule has 0 amide bonds. The monoisotopic (exact) mass is 279 g/mol. The first kappa shape index (κ1) is 14.2. The summed E-state index contributed by atoms with van der Waals surface area (Å²) < 4.78 is 31.3. The van der Waals surface area contributed by atoms with Gasteiger partial charge in [-0.15, -0.1) is 11.6 Å². The first-order valence-electron chi connectivity index (χ1n) is 4.89. The highest BCUT2D eigenvalue weighted by atomic mass is 35.5. The number of hydrogen-bond acceptors (Lipinski definition) is 5. The lowest BCUT2D eigenvalue weighted by molar-refractivity contribution is 0.323. The minimum absolute atomic E-state index is 0.0445. The summed E-state index contributed by atoms with van der Waals surface area (Å²) in [5.74, 6) is 0.777. The lowest BCUT2D eigenvalue weighted by Crippen LogP contribution is -2.08. The Balaban J connectivity index is 2.74. The highest BCUT2D eigenvalue weighted by Gasteiger charge is 2.08. The van der Waals surface area contributed by atoms with E-state index in [0.29, 0.717) is 23.9 Å². The molecule has 7 heteroatoms. The fraction of sp³-hybridized carbons (Fsp3) is 0.500. The van der Waals surface area contributed by atoms with Gasteiger partial charge in [-0.2, -0.15) is 8.42 Å². The summed E-state index contributed by atoms with van der Waals surface area (Å²) in [6.45, 7) is 0.0445. The summed E-state index contributed by atoms with van der Waals surface area (Å²) >= 11 is 5.76. The van der Waals surface area contributed by atoms with Crippen LogP contribution in [0, 0.1) is 0 Å². The van der Waals surface area contributed by atoms with Crippen molar-refractivity contribution in [2.75, 3.05) is 20.0 Å². The minimum atomic E-state index is -3.42. The summed E-state index contributed by atoms with van der Waals surface area (Å²) in [4.78, 5) is 4.20. The molecule has 0 bridgehead atoms. The van der Waals surface area contributed by atoms with Crippen LogP contribution in [0.3, 0.4) is 0 Å². The van der Waals surface area contributed by atoms with Crippen LogP contribution >= 0.6 is 11.6 Å². The minimum Gasteiger partial charge on any atom is -0.481 e. The SMILES string of the molecule is COc1ccc(CCl)c(CCOS(C)(=O)=O)n1. The molecule has 1 heterocycles. The summed E-state index contributed by atoms with van der Waals surface area (Å²) in [5, 5.41) is 0. The number of hydrogen-bond donors (Lipinski definition) is 0. The molecule has 5 nitrogen and oxygen atoms in total. The molecule has 96 valence electrons. The van der Waals surface area contributed by atoms with Gasteiger partial charge in [0.1, 0.15) is 0 Å². The van der Waals surface area contributed by atoms with Crippen LogP contribution in [0.15, 0.2) is 12.1 Å². The number of methoxy groups -OCH3 is 1. The third kappa shape index (κ3) is 4.89. The van der Waals surface area contributed by atoms with E-state index in [1.165, 1.54) is 7.11 Å². The van der Waals surface area contributed by atoms with Crippen LogP contribution in [-0.2, 0) is 26.6 Å². The van der Waals surface area contributed by atoms with Crippen LogP contribution < -0.4 is 4.74 Å². The molecule has 0 saturated heterocycles. The van der Waals surface area contributed by atoms with E-state index in [1.54, 1.807) is 12.1 Å². The number of pyridine rings is 1. The van der Waals surface area contributed by atoms with Crippen LogP contribution in [0.5, 0.6) is 5.88 Å². The highest BCUT2D eigenvalue weighted by Crippen LogP contribution is 2.15. The maximum absolute atomic E-state index is 10.8. The maximum atomic E-state index is 10.8. The summed E-state index contributed by atoms with van der Waals surface area (Å²) in [6.07, 6.45) is 1.38. The van der Waals surface area contributed by atoms with Crippen molar-refractivity contribution in [3.63, 3.8) is 0 Å². The van der Waals surface area contributed by atoms with E-state index in [4.69, 9.17) is 16.3 Å². The Bertz CT molecular complexity index is 475. The highest BCUT2D eigenvalue weighted by molar-refractivity contribution is 7.85. The van der Waals surface area contributed by atoms with Crippen LogP contribution in [0.25, 0.3) is 0 Å². The van der Waals surface area contributed by atoms with Crippen LogP contribution in [0.4, 0.5) is 0 Å². The van der Waals surface area contributed by atoms with Gasteiger partial charge in [0.15, 0.2) is 0 Å². The number of aromatic nitrogens is 1. The number of nitrogens with zero attached hydrogens (tertiary/aromatic N) is 1. The van der Waals surface area contributed by atoms with E-state index in [1.807, 2.05) is 0 Å². The standard InChI is InChI=1S/C10H14ClNO4S/c1-15-10-4-3-8(7-11)9(12-10)5-6-16-17(2,13)14/h3-4H,5-7H2,1-2H3. The average Bonchev–Trinajstić information content (AvgIpc) is 2.27. The van der Waals surface area contributed by atoms with Crippen molar-refractivity contribution < 1.29 is 17.3 Å². The van der Waals surface area contributed by atoms with Crippen molar-refractivity contribution in [3.8, 4) is 5.88 Å². The second kappa shape index (κ2) is 6.18. The molecule has 0 unspecified atom stereocenters. The molecular formula is C10H14ClNO4S. The fourth-order valence-electron chi connectivity index (χ4n) is 1.25. The van der Waals surface area contributed by atoms with E-state index in [9.17, 15) is 8.42 Å². The zero-order valence-electron chi connectivity index (χ0n) is 9.64. The van der Waals surface area contributed by atoms with Crippen molar-refractivity contribution in [2.24, 2.45) is 0 Å². The van der Waals surface area contributed by atoms with Gasteiger partial charge < -0.3 is 4.74 Å². The van der Waals surface area contributed by atoms with E-state index in [0.717, 1.165) is 11.8 Å². The quantitative estimate of drug-likeness (QED) is 0.581. The fourth-order valence-corrected chi connectivity index (χ4v) is 1.88. The molecule has 1 aromatic heterocycles. The van der Waals surface area contributed by atoms with Crippen LogP contribution in [0.2, 0.25) is 0 Å². The third-order valence-electron chi connectivity index (χ3n) is 2.03. The molecule has 0 N–H and O–H groups in total. The lowest BCUT2D eigenvalue weighted by Gasteiger charge is -2.08. The van der Waals surface area contributed by atoms with Crippen molar-refractivity contribution in [3.05, 3.63) is 23.4 Å².